The molecule has 0 aromatic heterocycles. The predicted octanol–water partition coefficient (Wildman–Crippen LogP) is 9.55. The molecule has 0 spiro atoms. The van der Waals surface area contributed by atoms with E-state index in [4.69, 9.17) is 23.7 Å². The van der Waals surface area contributed by atoms with Crippen molar-refractivity contribution in [3.8, 4) is 28.4 Å². The molecule has 0 bridgehead atoms. The average Bonchev–Trinajstić information content (AvgIpc) is 3.12. The van der Waals surface area contributed by atoms with Gasteiger partial charge < -0.3 is 23.7 Å². The second-order valence-corrected chi connectivity index (χ2v) is 10.8. The Morgan fingerprint density at radius 3 is 1.40 bits per heavy atom. The van der Waals surface area contributed by atoms with E-state index in [-0.39, 0.29) is 5.78 Å². The first-order valence-electron chi connectivity index (χ1n) is 15.2. The normalized spacial score (nSPS) is 10.3. The van der Waals surface area contributed by atoms with E-state index < -0.39 is 0 Å². The van der Waals surface area contributed by atoms with Gasteiger partial charge in [0.1, 0.15) is 17.2 Å². The van der Waals surface area contributed by atoms with Gasteiger partial charge in [0.2, 0.25) is 0 Å². The molecule has 6 aromatic carbocycles. The summed E-state index contributed by atoms with van der Waals surface area (Å²) in [4.78, 5) is 10.9. The van der Waals surface area contributed by atoms with Gasteiger partial charge >= 0.3 is 0 Å². The van der Waals surface area contributed by atoms with Gasteiger partial charge in [-0.05, 0) is 99.3 Å². The van der Waals surface area contributed by atoms with Crippen LogP contribution in [0.1, 0.15) is 28.4 Å². The van der Waals surface area contributed by atoms with Gasteiger partial charge in [0.15, 0.2) is 5.78 Å². The van der Waals surface area contributed by atoms with Crippen LogP contribution in [0.25, 0.3) is 32.7 Å². The Hall–Kier alpha value is -5.17. The summed E-state index contributed by atoms with van der Waals surface area (Å²) in [7, 11) is 8.41. The number of methoxy groups -OCH3 is 5. The average molecular weight is 631 g/mol. The molecular formula is C41H42O6. The van der Waals surface area contributed by atoms with Crippen molar-refractivity contribution in [2.75, 3.05) is 35.5 Å². The Balaban J connectivity index is 0.000000166. The largest absolute Gasteiger partial charge is 0.497 e. The fourth-order valence-corrected chi connectivity index (χ4v) is 4.97. The molecule has 0 N–H and O–H groups in total. The first kappa shape index (κ1) is 34.7. The van der Waals surface area contributed by atoms with Crippen molar-refractivity contribution in [2.24, 2.45) is 0 Å². The first-order valence-corrected chi connectivity index (χ1v) is 15.2. The fourth-order valence-electron chi connectivity index (χ4n) is 4.97. The van der Waals surface area contributed by atoms with Gasteiger partial charge in [0.05, 0.1) is 34.5 Å². The lowest BCUT2D eigenvalue weighted by Gasteiger charge is -2.07. The van der Waals surface area contributed by atoms with Crippen LogP contribution in [0.15, 0.2) is 121 Å². The molecule has 0 amide bonds. The summed E-state index contributed by atoms with van der Waals surface area (Å²) < 4.78 is 25.7. The minimum atomic E-state index is 0.0963. The Morgan fingerprint density at radius 2 is 0.872 bits per heavy atom. The number of ketones is 1. The molecule has 0 aliphatic carbocycles. The number of carbonyl (C=O) groups is 1. The highest BCUT2D eigenvalue weighted by Crippen LogP contribution is 2.28. The van der Waals surface area contributed by atoms with Crippen LogP contribution in [0.5, 0.6) is 17.2 Å². The number of fused-ring (bicyclic) bond motifs is 2. The monoisotopic (exact) mass is 630 g/mol. The quantitative estimate of drug-likeness (QED) is 0.148. The highest BCUT2D eigenvalue weighted by Gasteiger charge is 2.02. The van der Waals surface area contributed by atoms with Crippen molar-refractivity contribution in [1.29, 1.82) is 0 Å². The summed E-state index contributed by atoms with van der Waals surface area (Å²) in [6, 6.07) is 40.5. The van der Waals surface area contributed by atoms with Crippen LogP contribution < -0.4 is 14.2 Å². The zero-order valence-electron chi connectivity index (χ0n) is 27.9. The molecule has 0 saturated heterocycles. The van der Waals surface area contributed by atoms with Gasteiger partial charge in [0, 0.05) is 19.8 Å². The number of hydrogen-bond acceptors (Lipinski definition) is 6. The zero-order valence-corrected chi connectivity index (χ0v) is 27.9. The summed E-state index contributed by atoms with van der Waals surface area (Å²) in [6.07, 6.45) is 0. The van der Waals surface area contributed by atoms with Crippen LogP contribution >= 0.6 is 0 Å². The lowest BCUT2D eigenvalue weighted by molar-refractivity contribution is 0.101. The number of Topliss-reactive ketones (excluding diaryl/α,β-unsaturated/α-hetero) is 1. The SMILES string of the molecule is COCc1ccc(C(C)=O)cc1.COCc1ccc2cc(OC)ccc2c1.COc1ccc(-c2ccc3cc(OC)ccc3c2)cc1. The van der Waals surface area contributed by atoms with Crippen molar-refractivity contribution in [3.63, 3.8) is 0 Å². The lowest BCUT2D eigenvalue weighted by atomic mass is 10.0. The molecule has 0 fully saturated rings. The van der Waals surface area contributed by atoms with Crippen LogP contribution in [-0.4, -0.2) is 41.3 Å². The zero-order chi connectivity index (χ0) is 33.6. The Morgan fingerprint density at radius 1 is 0.447 bits per heavy atom. The number of benzene rings is 6. The number of carbonyl (C=O) groups excluding carboxylic acids is 1. The van der Waals surface area contributed by atoms with Crippen molar-refractivity contribution in [1.82, 2.24) is 0 Å². The first-order chi connectivity index (χ1) is 22.9. The second-order valence-electron chi connectivity index (χ2n) is 10.8. The molecule has 6 aromatic rings. The van der Waals surface area contributed by atoms with Gasteiger partial charge in [-0.25, -0.2) is 0 Å². The number of rotatable bonds is 9. The molecule has 6 rings (SSSR count). The highest BCUT2D eigenvalue weighted by atomic mass is 16.5. The topological polar surface area (TPSA) is 63.2 Å². The molecule has 6 nitrogen and oxygen atoms in total. The molecule has 6 heteroatoms. The minimum Gasteiger partial charge on any atom is -0.497 e. The maximum absolute atomic E-state index is 10.9. The summed E-state index contributed by atoms with van der Waals surface area (Å²) in [5.41, 5.74) is 5.40. The third-order valence-corrected chi connectivity index (χ3v) is 7.57. The maximum atomic E-state index is 10.9. The summed E-state index contributed by atoms with van der Waals surface area (Å²) in [5, 5.41) is 4.79. The van der Waals surface area contributed by atoms with Crippen molar-refractivity contribution >= 4 is 27.3 Å². The number of hydrogen-bond donors (Lipinski definition) is 0. The van der Waals surface area contributed by atoms with Gasteiger partial charge in [-0.15, -0.1) is 0 Å². The molecule has 0 aliphatic rings. The molecular weight excluding hydrogens is 588 g/mol. The van der Waals surface area contributed by atoms with Gasteiger partial charge in [-0.1, -0.05) is 72.8 Å². The number of ether oxygens (including phenoxy) is 5. The maximum Gasteiger partial charge on any atom is 0.159 e. The molecule has 47 heavy (non-hydrogen) atoms. The highest BCUT2D eigenvalue weighted by molar-refractivity contribution is 5.94. The molecule has 0 saturated carbocycles. The van der Waals surface area contributed by atoms with Crippen molar-refractivity contribution < 1.29 is 28.5 Å². The van der Waals surface area contributed by atoms with Crippen LogP contribution in [0.3, 0.4) is 0 Å². The Kier molecular flexibility index (Phi) is 12.9. The minimum absolute atomic E-state index is 0.0963. The molecule has 0 atom stereocenters. The summed E-state index contributed by atoms with van der Waals surface area (Å²) in [5.74, 6) is 2.75. The van der Waals surface area contributed by atoms with Crippen molar-refractivity contribution in [3.05, 3.63) is 138 Å². The molecule has 0 heterocycles. The van der Waals surface area contributed by atoms with E-state index >= 15 is 0 Å². The summed E-state index contributed by atoms with van der Waals surface area (Å²) >= 11 is 0. The second kappa shape index (κ2) is 17.5. The molecule has 0 radical (unpaired) electrons. The van der Waals surface area contributed by atoms with E-state index in [1.54, 1.807) is 42.5 Å². The molecule has 242 valence electrons. The van der Waals surface area contributed by atoms with Crippen molar-refractivity contribution in [2.45, 2.75) is 20.1 Å². The van der Waals surface area contributed by atoms with Gasteiger partial charge in [-0.2, -0.15) is 0 Å². The Bertz CT molecular complexity index is 1880. The lowest BCUT2D eigenvalue weighted by Crippen LogP contribution is -1.93. The third-order valence-electron chi connectivity index (χ3n) is 7.57. The van der Waals surface area contributed by atoms with Crippen LogP contribution in [0, 0.1) is 0 Å². The molecule has 0 unspecified atom stereocenters. The van der Waals surface area contributed by atoms with E-state index in [2.05, 4.69) is 60.7 Å². The van der Waals surface area contributed by atoms with E-state index in [1.807, 2.05) is 60.7 Å². The van der Waals surface area contributed by atoms with Gasteiger partial charge in [-0.3, -0.25) is 4.79 Å². The smallest absolute Gasteiger partial charge is 0.159 e. The summed E-state index contributed by atoms with van der Waals surface area (Å²) in [6.45, 7) is 2.81. The van der Waals surface area contributed by atoms with E-state index in [0.29, 0.717) is 13.2 Å². The Labute approximate surface area is 277 Å². The van der Waals surface area contributed by atoms with Crippen LogP contribution in [0.2, 0.25) is 0 Å². The van der Waals surface area contributed by atoms with E-state index in [0.717, 1.165) is 28.4 Å². The van der Waals surface area contributed by atoms with Gasteiger partial charge in [0.25, 0.3) is 0 Å². The fraction of sp³-hybridized carbons (Fsp3) is 0.195. The standard InChI is InChI=1S/C18H16O2.C13H14O2.C10H12O2/c1-19-17-8-5-13(6-9-17)14-3-4-16-12-18(20-2)10-7-15(16)11-14;1-14-9-10-3-4-12-8-13(15-2)6-5-11(12)7-10;1-8(11)10-5-3-9(4-6-10)7-12-2/h3-12H,1-2H3;3-8H,9H2,1-2H3;3-6H,7H2,1-2H3. The molecule has 0 aliphatic heterocycles. The third kappa shape index (κ3) is 9.91. The van der Waals surface area contributed by atoms with Crippen LogP contribution in [0.4, 0.5) is 0 Å². The van der Waals surface area contributed by atoms with E-state index in [9.17, 15) is 4.79 Å². The van der Waals surface area contributed by atoms with E-state index in [1.165, 1.54) is 38.2 Å². The van der Waals surface area contributed by atoms with Crippen LogP contribution in [-0.2, 0) is 22.7 Å². The predicted molar refractivity (Wildman–Crippen MR) is 191 cm³/mol.